The third-order valence-corrected chi connectivity index (χ3v) is 3.56. The van der Waals surface area contributed by atoms with E-state index in [1.807, 2.05) is 13.8 Å². The van der Waals surface area contributed by atoms with Crippen LogP contribution < -0.4 is 0 Å². The van der Waals surface area contributed by atoms with Gasteiger partial charge in [-0.3, -0.25) is 9.42 Å². The molecule has 8 heteroatoms. The van der Waals surface area contributed by atoms with Crippen LogP contribution in [0.1, 0.15) is 39.5 Å². The topological polar surface area (TPSA) is 99.5 Å². The van der Waals surface area contributed by atoms with Crippen LogP contribution in [-0.4, -0.2) is 52.9 Å². The molecule has 126 valence electrons. The summed E-state index contributed by atoms with van der Waals surface area (Å²) in [6.07, 6.45) is 4.28. The molecule has 0 aromatic carbocycles. The quantitative estimate of drug-likeness (QED) is 0.270. The van der Waals surface area contributed by atoms with Crippen molar-refractivity contribution in [3.05, 3.63) is 12.0 Å². The number of aliphatic hydroxyl groups is 2. The smallest absolute Gasteiger partial charge is 0.407 e. The van der Waals surface area contributed by atoms with E-state index in [-0.39, 0.29) is 19.8 Å². The molecule has 0 spiro atoms. The van der Waals surface area contributed by atoms with Gasteiger partial charge in [0.1, 0.15) is 5.76 Å². The van der Waals surface area contributed by atoms with E-state index < -0.39 is 7.82 Å². The van der Waals surface area contributed by atoms with Gasteiger partial charge in [0.25, 0.3) is 0 Å². The standard InChI is InChI=1S/C13H28NO6P/c1-3-5-11-19-21(17,18)20-13(6-4-2)12-14(7-9-15)8-10-16/h12,15-16H,3-11H2,1-2H3,(H,17,18)/b13-12+. The molecule has 0 fully saturated rings. The first-order chi connectivity index (χ1) is 9.99. The Morgan fingerprint density at radius 2 is 1.81 bits per heavy atom. The first-order valence-corrected chi connectivity index (χ1v) is 8.82. The monoisotopic (exact) mass is 325 g/mol. The number of hydrogen-bond acceptors (Lipinski definition) is 6. The molecule has 0 radical (unpaired) electrons. The van der Waals surface area contributed by atoms with Crippen molar-refractivity contribution in [2.24, 2.45) is 0 Å². The molecule has 3 N–H and O–H groups in total. The van der Waals surface area contributed by atoms with Crippen LogP contribution in [0.2, 0.25) is 0 Å². The second-order valence-corrected chi connectivity index (χ2v) is 5.95. The van der Waals surface area contributed by atoms with Crippen LogP contribution in [0.25, 0.3) is 0 Å². The number of nitrogens with zero attached hydrogens (tertiary/aromatic N) is 1. The van der Waals surface area contributed by atoms with Crippen molar-refractivity contribution in [1.29, 1.82) is 0 Å². The molecular formula is C13H28NO6P. The van der Waals surface area contributed by atoms with Crippen LogP contribution in [0.5, 0.6) is 0 Å². The SMILES string of the molecule is CCCCOP(=O)(O)O/C(=C/N(CCO)CCO)CCC. The summed E-state index contributed by atoms with van der Waals surface area (Å²) in [5.74, 6) is 0.307. The van der Waals surface area contributed by atoms with Gasteiger partial charge in [0.2, 0.25) is 0 Å². The Labute approximate surface area is 126 Å². The predicted octanol–water partition coefficient (Wildman–Crippen LogP) is 1.85. The summed E-state index contributed by atoms with van der Waals surface area (Å²) in [4.78, 5) is 11.3. The molecule has 0 aliphatic heterocycles. The third-order valence-electron chi connectivity index (χ3n) is 2.58. The number of phosphoric ester groups is 1. The highest BCUT2D eigenvalue weighted by Gasteiger charge is 2.23. The second kappa shape index (κ2) is 12.0. The molecule has 0 saturated heterocycles. The zero-order chi connectivity index (χ0) is 16.1. The Balaban J connectivity index is 4.73. The molecule has 0 aromatic heterocycles. The minimum absolute atomic E-state index is 0.0836. The first-order valence-electron chi connectivity index (χ1n) is 7.32. The Morgan fingerprint density at radius 3 is 2.29 bits per heavy atom. The van der Waals surface area contributed by atoms with E-state index in [1.165, 1.54) is 0 Å². The van der Waals surface area contributed by atoms with Crippen molar-refractivity contribution in [3.63, 3.8) is 0 Å². The van der Waals surface area contributed by atoms with Gasteiger partial charge in [0.05, 0.1) is 19.8 Å². The summed E-state index contributed by atoms with van der Waals surface area (Å²) in [7, 11) is -4.12. The molecule has 0 aliphatic rings. The van der Waals surface area contributed by atoms with Gasteiger partial charge < -0.3 is 19.6 Å². The van der Waals surface area contributed by atoms with E-state index in [2.05, 4.69) is 0 Å². The summed E-state index contributed by atoms with van der Waals surface area (Å²) in [6.45, 7) is 4.49. The fourth-order valence-electron chi connectivity index (χ4n) is 1.58. The lowest BCUT2D eigenvalue weighted by atomic mass is 10.3. The molecule has 7 nitrogen and oxygen atoms in total. The molecule has 0 saturated carbocycles. The second-order valence-electron chi connectivity index (χ2n) is 4.58. The molecule has 1 atom stereocenters. The number of aliphatic hydroxyl groups excluding tert-OH is 2. The fraction of sp³-hybridized carbons (Fsp3) is 0.846. The van der Waals surface area contributed by atoms with Crippen LogP contribution in [0.3, 0.4) is 0 Å². The highest BCUT2D eigenvalue weighted by Crippen LogP contribution is 2.46. The summed E-state index contributed by atoms with van der Waals surface area (Å²) in [5.41, 5.74) is 0. The summed E-state index contributed by atoms with van der Waals surface area (Å²) >= 11 is 0. The minimum atomic E-state index is -4.12. The van der Waals surface area contributed by atoms with Crippen molar-refractivity contribution in [2.75, 3.05) is 32.9 Å². The summed E-state index contributed by atoms with van der Waals surface area (Å²) in [5, 5.41) is 17.9. The van der Waals surface area contributed by atoms with Crippen LogP contribution in [0, 0.1) is 0 Å². The van der Waals surface area contributed by atoms with E-state index in [9.17, 15) is 9.46 Å². The van der Waals surface area contributed by atoms with Crippen molar-refractivity contribution in [3.8, 4) is 0 Å². The lowest BCUT2D eigenvalue weighted by molar-refractivity contribution is 0.165. The highest BCUT2D eigenvalue weighted by atomic mass is 31.2. The lowest BCUT2D eigenvalue weighted by Crippen LogP contribution is -2.25. The highest BCUT2D eigenvalue weighted by molar-refractivity contribution is 7.47. The van der Waals surface area contributed by atoms with Crippen LogP contribution >= 0.6 is 7.82 Å². The van der Waals surface area contributed by atoms with E-state index >= 15 is 0 Å². The molecule has 0 aliphatic carbocycles. The van der Waals surface area contributed by atoms with Crippen molar-refractivity contribution < 1.29 is 28.7 Å². The molecule has 21 heavy (non-hydrogen) atoms. The Kier molecular flexibility index (Phi) is 11.7. The molecule has 0 heterocycles. The average Bonchev–Trinajstić information content (AvgIpc) is 2.39. The first kappa shape index (κ1) is 20.4. The molecule has 0 amide bonds. The minimum Gasteiger partial charge on any atom is -0.407 e. The van der Waals surface area contributed by atoms with Gasteiger partial charge in [0, 0.05) is 25.7 Å². The van der Waals surface area contributed by atoms with Crippen molar-refractivity contribution in [1.82, 2.24) is 4.90 Å². The fourth-order valence-corrected chi connectivity index (χ4v) is 2.43. The number of allylic oxidation sites excluding steroid dienone is 1. The number of rotatable bonds is 13. The lowest BCUT2D eigenvalue weighted by Gasteiger charge is -2.21. The number of unbranched alkanes of at least 4 members (excludes halogenated alkanes) is 1. The summed E-state index contributed by atoms with van der Waals surface area (Å²) in [6, 6.07) is 0. The molecular weight excluding hydrogens is 297 g/mol. The maximum absolute atomic E-state index is 11.8. The van der Waals surface area contributed by atoms with Gasteiger partial charge in [-0.2, -0.15) is 0 Å². The van der Waals surface area contributed by atoms with Crippen molar-refractivity contribution >= 4 is 7.82 Å². The molecule has 0 rings (SSSR count). The van der Waals surface area contributed by atoms with E-state index in [4.69, 9.17) is 19.3 Å². The van der Waals surface area contributed by atoms with E-state index in [1.54, 1.807) is 11.1 Å². The average molecular weight is 325 g/mol. The van der Waals surface area contributed by atoms with Crippen LogP contribution in [0.15, 0.2) is 12.0 Å². The van der Waals surface area contributed by atoms with Gasteiger partial charge in [0.15, 0.2) is 0 Å². The number of hydrogen-bond donors (Lipinski definition) is 3. The van der Waals surface area contributed by atoms with Gasteiger partial charge in [-0.15, -0.1) is 0 Å². The molecule has 0 aromatic rings. The van der Waals surface area contributed by atoms with Gasteiger partial charge in [-0.25, -0.2) is 4.57 Å². The van der Waals surface area contributed by atoms with E-state index in [0.29, 0.717) is 31.7 Å². The molecule has 0 bridgehead atoms. The maximum Gasteiger partial charge on any atom is 0.527 e. The van der Waals surface area contributed by atoms with E-state index in [0.717, 1.165) is 12.8 Å². The Hall–Kier alpha value is -0.590. The van der Waals surface area contributed by atoms with Crippen LogP contribution in [0.4, 0.5) is 0 Å². The normalized spacial score (nSPS) is 14.8. The molecule has 1 unspecified atom stereocenters. The third kappa shape index (κ3) is 10.7. The van der Waals surface area contributed by atoms with Gasteiger partial charge >= 0.3 is 7.82 Å². The zero-order valence-corrected chi connectivity index (χ0v) is 13.8. The van der Waals surface area contributed by atoms with Crippen molar-refractivity contribution in [2.45, 2.75) is 39.5 Å². The maximum atomic E-state index is 11.8. The Bertz CT molecular complexity index is 331. The largest absolute Gasteiger partial charge is 0.527 e. The number of phosphoric acid groups is 1. The Morgan fingerprint density at radius 1 is 1.19 bits per heavy atom. The van der Waals surface area contributed by atoms with Gasteiger partial charge in [-0.05, 0) is 12.8 Å². The zero-order valence-electron chi connectivity index (χ0n) is 12.9. The predicted molar refractivity (Wildman–Crippen MR) is 80.5 cm³/mol. The van der Waals surface area contributed by atoms with Crippen LogP contribution in [-0.2, 0) is 13.6 Å². The van der Waals surface area contributed by atoms with Gasteiger partial charge in [-0.1, -0.05) is 20.3 Å². The summed E-state index contributed by atoms with van der Waals surface area (Å²) < 4.78 is 21.8.